The van der Waals surface area contributed by atoms with Gasteiger partial charge in [-0.2, -0.15) is 0 Å². The summed E-state index contributed by atoms with van der Waals surface area (Å²) in [6.07, 6.45) is 6.47. The number of halogens is 1. The summed E-state index contributed by atoms with van der Waals surface area (Å²) in [4.78, 5) is 48.9. The summed E-state index contributed by atoms with van der Waals surface area (Å²) in [6, 6.07) is 14.2. The predicted molar refractivity (Wildman–Crippen MR) is 185 cm³/mol. The Morgan fingerprint density at radius 3 is 1.69 bits per heavy atom. The molecule has 0 fully saturated rings. The van der Waals surface area contributed by atoms with Gasteiger partial charge >= 0.3 is 23.9 Å². The SMILES string of the molecule is C=C(C)C(=O)Oc1ccc(C2=CCC(c3ccc(-c4c(F)cc(OC(=O)C(=C)C)cc4OC(=O)C(=C)C)cc3)C=C2)c(OC(=O)C(=C)C)c1. The third kappa shape index (κ3) is 8.84. The second kappa shape index (κ2) is 15.2. The molecular formula is C40H35FO8. The third-order valence-corrected chi connectivity index (χ3v) is 7.24. The van der Waals surface area contributed by atoms with Gasteiger partial charge in [-0.1, -0.05) is 68.8 Å². The van der Waals surface area contributed by atoms with Gasteiger partial charge in [0, 0.05) is 52.0 Å². The lowest BCUT2D eigenvalue weighted by Crippen LogP contribution is -2.12. The van der Waals surface area contributed by atoms with E-state index in [1.54, 1.807) is 24.3 Å². The zero-order valence-electron chi connectivity index (χ0n) is 27.7. The van der Waals surface area contributed by atoms with Gasteiger partial charge in [0.1, 0.15) is 28.8 Å². The van der Waals surface area contributed by atoms with Crippen molar-refractivity contribution in [2.45, 2.75) is 40.0 Å². The maximum atomic E-state index is 15.5. The number of rotatable bonds is 11. The molecule has 1 atom stereocenters. The minimum Gasteiger partial charge on any atom is -0.423 e. The molecule has 1 aliphatic rings. The second-order valence-electron chi connectivity index (χ2n) is 11.6. The molecule has 8 nitrogen and oxygen atoms in total. The lowest BCUT2D eigenvalue weighted by Gasteiger charge is -2.19. The van der Waals surface area contributed by atoms with Crippen molar-refractivity contribution < 1.29 is 42.5 Å². The van der Waals surface area contributed by atoms with Crippen LogP contribution < -0.4 is 18.9 Å². The minimum atomic E-state index is -0.768. The van der Waals surface area contributed by atoms with E-state index >= 15 is 4.39 Å². The van der Waals surface area contributed by atoms with E-state index < -0.39 is 29.7 Å². The molecule has 3 aromatic carbocycles. The molecule has 1 aliphatic carbocycles. The standard InChI is InChI=1S/C40H35FO8/c1-22(2)37(42)46-30-17-18-32(34(20-30)48-39(44)24(5)6)28-13-9-26(10-14-28)27-11-15-29(16-12-27)36-33(41)19-31(47-38(43)23(3)4)21-35(36)49-40(45)25(7)8/h9,11-21,26H,1,3,5,7,10H2,2,4,6,8H3. The van der Waals surface area contributed by atoms with Crippen LogP contribution in [0.5, 0.6) is 23.0 Å². The van der Waals surface area contributed by atoms with Crippen LogP contribution in [0.3, 0.4) is 0 Å². The molecule has 250 valence electrons. The van der Waals surface area contributed by atoms with Gasteiger partial charge < -0.3 is 18.9 Å². The quantitative estimate of drug-likeness (QED) is 0.114. The molecular weight excluding hydrogens is 627 g/mol. The maximum absolute atomic E-state index is 15.5. The Bertz CT molecular complexity index is 1980. The first kappa shape index (κ1) is 35.8. The summed E-state index contributed by atoms with van der Waals surface area (Å²) in [5.41, 5.74) is 3.40. The number of allylic oxidation sites excluding steroid dienone is 4. The van der Waals surface area contributed by atoms with Crippen molar-refractivity contribution in [3.8, 4) is 34.1 Å². The van der Waals surface area contributed by atoms with E-state index in [0.29, 0.717) is 17.5 Å². The fraction of sp³-hybridized carbons (Fsp3) is 0.150. The van der Waals surface area contributed by atoms with E-state index in [1.807, 2.05) is 30.4 Å². The van der Waals surface area contributed by atoms with Gasteiger partial charge in [0.25, 0.3) is 0 Å². The first-order valence-electron chi connectivity index (χ1n) is 15.1. The third-order valence-electron chi connectivity index (χ3n) is 7.24. The van der Waals surface area contributed by atoms with E-state index in [1.165, 1.54) is 39.8 Å². The molecule has 0 aliphatic heterocycles. The second-order valence-corrected chi connectivity index (χ2v) is 11.6. The average Bonchev–Trinajstić information content (AvgIpc) is 3.05. The highest BCUT2D eigenvalue weighted by molar-refractivity contribution is 5.92. The Morgan fingerprint density at radius 1 is 0.653 bits per heavy atom. The highest BCUT2D eigenvalue weighted by atomic mass is 19.1. The van der Waals surface area contributed by atoms with E-state index in [0.717, 1.165) is 17.2 Å². The summed E-state index contributed by atoms with van der Waals surface area (Å²) in [5.74, 6) is -3.46. The first-order chi connectivity index (χ1) is 23.1. The molecule has 9 heteroatoms. The molecule has 1 unspecified atom stereocenters. The Kier molecular flexibility index (Phi) is 11.1. The Balaban J connectivity index is 1.60. The molecule has 0 N–H and O–H groups in total. The smallest absolute Gasteiger partial charge is 0.338 e. The summed E-state index contributed by atoms with van der Waals surface area (Å²) in [7, 11) is 0. The molecule has 0 saturated heterocycles. The summed E-state index contributed by atoms with van der Waals surface area (Å²) >= 11 is 0. The van der Waals surface area contributed by atoms with Crippen molar-refractivity contribution in [2.24, 2.45) is 0 Å². The van der Waals surface area contributed by atoms with Crippen LogP contribution >= 0.6 is 0 Å². The molecule has 49 heavy (non-hydrogen) atoms. The minimum absolute atomic E-state index is 0.00635. The van der Waals surface area contributed by atoms with E-state index in [4.69, 9.17) is 18.9 Å². The number of hydrogen-bond donors (Lipinski definition) is 0. The Labute approximate surface area is 284 Å². The number of hydrogen-bond acceptors (Lipinski definition) is 8. The fourth-order valence-electron chi connectivity index (χ4n) is 4.59. The van der Waals surface area contributed by atoms with E-state index in [-0.39, 0.29) is 56.8 Å². The first-order valence-corrected chi connectivity index (χ1v) is 15.1. The van der Waals surface area contributed by atoms with Gasteiger partial charge in [-0.25, -0.2) is 23.6 Å². The zero-order chi connectivity index (χ0) is 36.0. The van der Waals surface area contributed by atoms with Crippen molar-refractivity contribution in [2.75, 3.05) is 0 Å². The number of ether oxygens (including phenoxy) is 4. The number of esters is 4. The van der Waals surface area contributed by atoms with Crippen LogP contribution in [0.4, 0.5) is 4.39 Å². The largest absolute Gasteiger partial charge is 0.423 e. The maximum Gasteiger partial charge on any atom is 0.338 e. The van der Waals surface area contributed by atoms with Crippen LogP contribution in [-0.2, 0) is 19.2 Å². The average molecular weight is 663 g/mol. The summed E-state index contributed by atoms with van der Waals surface area (Å²) in [5, 5.41) is 0. The highest BCUT2D eigenvalue weighted by Gasteiger charge is 2.22. The van der Waals surface area contributed by atoms with Crippen LogP contribution in [0.25, 0.3) is 16.7 Å². The van der Waals surface area contributed by atoms with Crippen molar-refractivity contribution in [3.05, 3.63) is 138 Å². The monoisotopic (exact) mass is 662 g/mol. The molecule has 0 spiro atoms. The molecule has 0 bridgehead atoms. The van der Waals surface area contributed by atoms with Gasteiger partial charge in [-0.3, -0.25) is 0 Å². The lowest BCUT2D eigenvalue weighted by atomic mass is 9.87. The van der Waals surface area contributed by atoms with Crippen LogP contribution in [0.15, 0.2) is 121 Å². The molecule has 0 radical (unpaired) electrons. The van der Waals surface area contributed by atoms with Gasteiger partial charge in [-0.05, 0) is 62.9 Å². The van der Waals surface area contributed by atoms with Gasteiger partial charge in [0.05, 0.1) is 5.56 Å². The lowest BCUT2D eigenvalue weighted by molar-refractivity contribution is -0.131. The van der Waals surface area contributed by atoms with Gasteiger partial charge in [-0.15, -0.1) is 0 Å². The fourth-order valence-corrected chi connectivity index (χ4v) is 4.59. The number of benzene rings is 3. The van der Waals surface area contributed by atoms with Crippen molar-refractivity contribution in [3.63, 3.8) is 0 Å². The van der Waals surface area contributed by atoms with Crippen LogP contribution in [0.2, 0.25) is 0 Å². The molecule has 3 aromatic rings. The highest BCUT2D eigenvalue weighted by Crippen LogP contribution is 2.40. The van der Waals surface area contributed by atoms with Gasteiger partial charge in [0.15, 0.2) is 0 Å². The number of carbonyl (C=O) groups excluding carboxylic acids is 4. The van der Waals surface area contributed by atoms with Gasteiger partial charge in [0.2, 0.25) is 0 Å². The van der Waals surface area contributed by atoms with E-state index in [2.05, 4.69) is 26.3 Å². The Hall–Kier alpha value is -6.09. The van der Waals surface area contributed by atoms with Crippen LogP contribution in [-0.4, -0.2) is 23.9 Å². The normalized spacial score (nSPS) is 13.4. The van der Waals surface area contributed by atoms with Crippen LogP contribution in [0.1, 0.15) is 51.2 Å². The topological polar surface area (TPSA) is 105 Å². The molecule has 0 heterocycles. The van der Waals surface area contributed by atoms with E-state index in [9.17, 15) is 19.2 Å². The number of carbonyl (C=O) groups is 4. The zero-order valence-corrected chi connectivity index (χ0v) is 27.7. The predicted octanol–water partition coefficient (Wildman–Crippen LogP) is 8.55. The van der Waals surface area contributed by atoms with Crippen molar-refractivity contribution in [1.29, 1.82) is 0 Å². The molecule has 4 rings (SSSR count). The van der Waals surface area contributed by atoms with Crippen LogP contribution in [0, 0.1) is 5.82 Å². The molecule has 0 aromatic heterocycles. The van der Waals surface area contributed by atoms with Crippen molar-refractivity contribution in [1.82, 2.24) is 0 Å². The molecule has 0 amide bonds. The summed E-state index contributed by atoms with van der Waals surface area (Å²) in [6.45, 7) is 20.3. The summed E-state index contributed by atoms with van der Waals surface area (Å²) < 4.78 is 37.0. The molecule has 0 saturated carbocycles. The van der Waals surface area contributed by atoms with Crippen molar-refractivity contribution >= 4 is 29.5 Å². The Morgan fingerprint density at radius 2 is 1.16 bits per heavy atom.